The van der Waals surface area contributed by atoms with E-state index in [1.165, 1.54) is 6.08 Å². The van der Waals surface area contributed by atoms with Crippen LogP contribution in [0, 0.1) is 0 Å². The molecule has 0 bridgehead atoms. The maximum atomic E-state index is 11.7. The molecule has 2 heteroatoms. The van der Waals surface area contributed by atoms with Crippen molar-refractivity contribution in [3.63, 3.8) is 0 Å². The van der Waals surface area contributed by atoms with Crippen LogP contribution in [-0.4, -0.2) is 11.7 Å². The fourth-order valence-electron chi connectivity index (χ4n) is 1.35. The van der Waals surface area contributed by atoms with Crippen molar-refractivity contribution < 1.29 is 4.79 Å². The number of hydrogen-bond acceptors (Lipinski definition) is 2. The zero-order chi connectivity index (χ0) is 11.9. The number of aliphatic imine (C=N–C) groups is 1. The molecule has 0 spiro atoms. The Labute approximate surface area is 100.0 Å². The van der Waals surface area contributed by atoms with Gasteiger partial charge in [-0.25, -0.2) is 4.99 Å². The molecule has 0 heterocycles. The molecule has 0 atom stereocenters. The molecule has 2 aromatic carbocycles. The fourth-order valence-corrected chi connectivity index (χ4v) is 1.35. The van der Waals surface area contributed by atoms with Gasteiger partial charge in [0.05, 0.1) is 5.69 Å². The lowest BCUT2D eigenvalue weighted by Gasteiger charge is -1.91. The van der Waals surface area contributed by atoms with E-state index in [4.69, 9.17) is 0 Å². The average Bonchev–Trinajstić information content (AvgIpc) is 2.41. The van der Waals surface area contributed by atoms with Gasteiger partial charge in [-0.15, -0.1) is 0 Å². The summed E-state index contributed by atoms with van der Waals surface area (Å²) in [5, 5.41) is 0. The first-order valence-electron chi connectivity index (χ1n) is 5.30. The molecular weight excluding hydrogens is 210 g/mol. The van der Waals surface area contributed by atoms with Crippen molar-refractivity contribution in [3.8, 4) is 0 Å². The summed E-state index contributed by atoms with van der Waals surface area (Å²) < 4.78 is 0. The second-order valence-electron chi connectivity index (χ2n) is 3.45. The zero-order valence-electron chi connectivity index (χ0n) is 9.21. The van der Waals surface area contributed by atoms with Crippen LogP contribution in [0.2, 0.25) is 0 Å². The smallest absolute Gasteiger partial charge is 0.195 e. The monoisotopic (exact) mass is 221 g/mol. The Morgan fingerprint density at radius 2 is 1.53 bits per heavy atom. The van der Waals surface area contributed by atoms with Crippen LogP contribution in [-0.2, 0) is 0 Å². The summed E-state index contributed by atoms with van der Waals surface area (Å²) in [5.41, 5.74) is 1.42. The molecule has 0 N–H and O–H groups in total. The van der Waals surface area contributed by atoms with Crippen molar-refractivity contribution in [2.75, 3.05) is 0 Å². The molecule has 0 saturated carbocycles. The van der Waals surface area contributed by atoms with Crippen LogP contribution in [0.25, 0.3) is 0 Å². The number of carbonyl (C=O) groups excluding carboxylic acids is 1. The van der Waals surface area contributed by atoms with Crippen LogP contribution in [0.1, 0.15) is 10.4 Å². The molecule has 0 aromatic heterocycles. The Balaban J connectivity index is 2.12. The normalized spacial score (nSPS) is 9.18. The maximum Gasteiger partial charge on any atom is 0.195 e. The van der Waals surface area contributed by atoms with Gasteiger partial charge in [-0.3, -0.25) is 4.79 Å². The summed E-state index contributed by atoms with van der Waals surface area (Å²) in [6.07, 6.45) is 1.35. The second-order valence-corrected chi connectivity index (χ2v) is 3.45. The lowest BCUT2D eigenvalue weighted by molar-refractivity contribution is 0.104. The van der Waals surface area contributed by atoms with Gasteiger partial charge in [-0.1, -0.05) is 48.5 Å². The SMILES string of the molecule is O=C(C=C=Nc1ccccc1)c1ccccc1. The molecule has 2 nitrogen and oxygen atoms in total. The number of para-hydroxylation sites is 1. The van der Waals surface area contributed by atoms with Gasteiger partial charge in [0.25, 0.3) is 0 Å². The Bertz CT molecular complexity index is 552. The number of ketones is 1. The maximum absolute atomic E-state index is 11.7. The van der Waals surface area contributed by atoms with Gasteiger partial charge >= 0.3 is 0 Å². The second kappa shape index (κ2) is 5.59. The topological polar surface area (TPSA) is 29.4 Å². The number of nitrogens with zero attached hydrogens (tertiary/aromatic N) is 1. The van der Waals surface area contributed by atoms with Crippen LogP contribution in [0.4, 0.5) is 5.69 Å². The number of hydrogen-bond donors (Lipinski definition) is 0. The van der Waals surface area contributed by atoms with Gasteiger partial charge in [0, 0.05) is 11.6 Å². The van der Waals surface area contributed by atoms with Crippen LogP contribution in [0.5, 0.6) is 0 Å². The summed E-state index contributed by atoms with van der Waals surface area (Å²) >= 11 is 0. The third kappa shape index (κ3) is 3.26. The summed E-state index contributed by atoms with van der Waals surface area (Å²) in [7, 11) is 0. The van der Waals surface area contributed by atoms with E-state index in [1.807, 2.05) is 48.5 Å². The first-order chi connectivity index (χ1) is 8.36. The predicted octanol–water partition coefficient (Wildman–Crippen LogP) is 3.43. The van der Waals surface area contributed by atoms with Crippen LogP contribution < -0.4 is 0 Å². The number of benzene rings is 2. The third-order valence-electron chi connectivity index (χ3n) is 2.20. The Morgan fingerprint density at radius 1 is 0.941 bits per heavy atom. The quantitative estimate of drug-likeness (QED) is 0.443. The molecule has 2 rings (SSSR count). The lowest BCUT2D eigenvalue weighted by Crippen LogP contribution is -1.92. The minimum atomic E-state index is -0.0923. The van der Waals surface area contributed by atoms with E-state index in [0.29, 0.717) is 5.56 Å². The molecule has 82 valence electrons. The van der Waals surface area contributed by atoms with Crippen LogP contribution in [0.15, 0.2) is 71.7 Å². The fraction of sp³-hybridized carbons (Fsp3) is 0. The largest absolute Gasteiger partial charge is 0.289 e. The van der Waals surface area contributed by atoms with Crippen LogP contribution >= 0.6 is 0 Å². The molecule has 0 saturated heterocycles. The molecule has 0 aliphatic heterocycles. The summed E-state index contributed by atoms with van der Waals surface area (Å²) in [6, 6.07) is 18.5. The van der Waals surface area contributed by atoms with Crippen molar-refractivity contribution in [2.24, 2.45) is 4.99 Å². The highest BCUT2D eigenvalue weighted by Gasteiger charge is 1.98. The predicted molar refractivity (Wildman–Crippen MR) is 68.9 cm³/mol. The van der Waals surface area contributed by atoms with Crippen molar-refractivity contribution in [2.45, 2.75) is 0 Å². The zero-order valence-corrected chi connectivity index (χ0v) is 9.21. The first kappa shape index (κ1) is 11.1. The van der Waals surface area contributed by atoms with Crippen molar-refractivity contribution in [3.05, 3.63) is 72.3 Å². The van der Waals surface area contributed by atoms with E-state index in [9.17, 15) is 4.79 Å². The minimum absolute atomic E-state index is 0.0923. The standard InChI is InChI=1S/C15H11NO/c17-15(13-7-3-1-4-8-13)11-12-16-14-9-5-2-6-10-14/h1-11H. The highest BCUT2D eigenvalue weighted by Crippen LogP contribution is 2.07. The summed E-state index contributed by atoms with van der Waals surface area (Å²) in [5.74, 6) is 2.56. The molecule has 0 unspecified atom stereocenters. The van der Waals surface area contributed by atoms with E-state index < -0.39 is 0 Å². The summed E-state index contributed by atoms with van der Waals surface area (Å²) in [4.78, 5) is 15.7. The summed E-state index contributed by atoms with van der Waals surface area (Å²) in [6.45, 7) is 0. The molecule has 0 aliphatic carbocycles. The number of rotatable bonds is 3. The van der Waals surface area contributed by atoms with Gasteiger partial charge in [0.2, 0.25) is 0 Å². The number of carbonyl (C=O) groups is 1. The van der Waals surface area contributed by atoms with Gasteiger partial charge in [-0.05, 0) is 18.0 Å². The highest BCUT2D eigenvalue weighted by molar-refractivity contribution is 6.09. The van der Waals surface area contributed by atoms with Gasteiger partial charge < -0.3 is 0 Å². The average molecular weight is 221 g/mol. The van der Waals surface area contributed by atoms with E-state index in [0.717, 1.165) is 5.69 Å². The number of allylic oxidation sites excluding steroid dienone is 1. The van der Waals surface area contributed by atoms with Crippen molar-refractivity contribution >= 4 is 17.3 Å². The van der Waals surface area contributed by atoms with E-state index in [2.05, 4.69) is 10.9 Å². The molecule has 2 aromatic rings. The third-order valence-corrected chi connectivity index (χ3v) is 2.20. The minimum Gasteiger partial charge on any atom is -0.289 e. The van der Waals surface area contributed by atoms with E-state index in [-0.39, 0.29) is 5.78 Å². The lowest BCUT2D eigenvalue weighted by atomic mass is 10.1. The molecule has 0 fully saturated rings. The highest BCUT2D eigenvalue weighted by atomic mass is 16.1. The Kier molecular flexibility index (Phi) is 3.64. The molecule has 17 heavy (non-hydrogen) atoms. The van der Waals surface area contributed by atoms with Crippen molar-refractivity contribution in [1.82, 2.24) is 0 Å². The first-order valence-corrected chi connectivity index (χ1v) is 5.30. The van der Waals surface area contributed by atoms with E-state index >= 15 is 0 Å². The van der Waals surface area contributed by atoms with Gasteiger partial charge in [0.1, 0.15) is 0 Å². The van der Waals surface area contributed by atoms with E-state index in [1.54, 1.807) is 12.1 Å². The Morgan fingerprint density at radius 3 is 2.18 bits per heavy atom. The van der Waals surface area contributed by atoms with Crippen LogP contribution in [0.3, 0.4) is 0 Å². The molecule has 0 amide bonds. The molecule has 0 aliphatic rings. The molecule has 0 radical (unpaired) electrons. The van der Waals surface area contributed by atoms with Gasteiger partial charge in [0.15, 0.2) is 5.78 Å². The van der Waals surface area contributed by atoms with Crippen molar-refractivity contribution in [1.29, 1.82) is 0 Å². The van der Waals surface area contributed by atoms with Gasteiger partial charge in [-0.2, -0.15) is 0 Å². The Hall–Kier alpha value is -2.44. The molecular formula is C15H11NO.